The molecular formula is C20H13ClN2O3. The summed E-state index contributed by atoms with van der Waals surface area (Å²) in [6, 6.07) is 21.3. The Morgan fingerprint density at radius 3 is 2.19 bits per heavy atom. The highest BCUT2D eigenvalue weighted by Crippen LogP contribution is 2.20. The zero-order valence-electron chi connectivity index (χ0n) is 13.5. The van der Waals surface area contributed by atoms with Gasteiger partial charge in [0, 0.05) is 28.3 Å². The van der Waals surface area contributed by atoms with E-state index in [1.165, 1.54) is 24.3 Å². The Hall–Kier alpha value is -3.31. The van der Waals surface area contributed by atoms with Crippen LogP contribution in [0.1, 0.15) is 15.9 Å². The Morgan fingerprint density at radius 1 is 0.885 bits per heavy atom. The van der Waals surface area contributed by atoms with Crippen LogP contribution in [0.3, 0.4) is 0 Å². The number of nitro benzene ring substituents is 1. The smallest absolute Gasteiger partial charge is 0.269 e. The standard InChI is InChI=1S/C20H13ClN2O3/c21-16-6-4-5-15(13-16)20(24)19(22-17-7-2-1-3-8-17)14-9-11-18(12-10-14)23(25)26/h1-13H. The van der Waals surface area contributed by atoms with Gasteiger partial charge in [-0.2, -0.15) is 0 Å². The van der Waals surface area contributed by atoms with Crippen LogP contribution < -0.4 is 0 Å². The maximum atomic E-state index is 13.0. The zero-order chi connectivity index (χ0) is 18.5. The number of rotatable bonds is 5. The van der Waals surface area contributed by atoms with Gasteiger partial charge in [-0.1, -0.05) is 41.9 Å². The number of carbonyl (C=O) groups is 1. The van der Waals surface area contributed by atoms with E-state index in [9.17, 15) is 14.9 Å². The second kappa shape index (κ2) is 7.72. The number of carbonyl (C=O) groups excluding carboxylic acids is 1. The van der Waals surface area contributed by atoms with E-state index < -0.39 is 4.92 Å². The Bertz CT molecular complexity index is 983. The van der Waals surface area contributed by atoms with Crippen LogP contribution in [0.5, 0.6) is 0 Å². The quantitative estimate of drug-likeness (QED) is 0.268. The topological polar surface area (TPSA) is 72.6 Å². The molecule has 0 saturated carbocycles. The summed E-state index contributed by atoms with van der Waals surface area (Å²) >= 11 is 5.99. The van der Waals surface area contributed by atoms with Crippen LogP contribution >= 0.6 is 11.6 Å². The van der Waals surface area contributed by atoms with Gasteiger partial charge in [0.05, 0.1) is 10.6 Å². The van der Waals surface area contributed by atoms with Crippen molar-refractivity contribution in [1.29, 1.82) is 0 Å². The van der Waals surface area contributed by atoms with Gasteiger partial charge in [-0.05, 0) is 36.4 Å². The summed E-state index contributed by atoms with van der Waals surface area (Å²) in [5, 5.41) is 11.3. The number of halogens is 1. The van der Waals surface area contributed by atoms with Gasteiger partial charge in [-0.25, -0.2) is 4.99 Å². The van der Waals surface area contributed by atoms with E-state index in [4.69, 9.17) is 11.6 Å². The third kappa shape index (κ3) is 4.02. The lowest BCUT2D eigenvalue weighted by Gasteiger charge is -2.07. The van der Waals surface area contributed by atoms with Crippen LogP contribution in [0.2, 0.25) is 5.02 Å². The van der Waals surface area contributed by atoms with Gasteiger partial charge < -0.3 is 0 Å². The summed E-state index contributed by atoms with van der Waals surface area (Å²) in [7, 11) is 0. The first kappa shape index (κ1) is 17.5. The SMILES string of the molecule is O=C(C(=Nc1ccccc1)c1ccc([N+](=O)[O-])cc1)c1cccc(Cl)c1. The number of Topliss-reactive ketones (excluding diaryl/α,β-unsaturated/α-hetero) is 1. The van der Waals surface area contributed by atoms with Crippen molar-refractivity contribution in [3.63, 3.8) is 0 Å². The minimum absolute atomic E-state index is 0.0528. The largest absolute Gasteiger partial charge is 0.287 e. The molecule has 0 bridgehead atoms. The van der Waals surface area contributed by atoms with Crippen molar-refractivity contribution in [2.45, 2.75) is 0 Å². The van der Waals surface area contributed by atoms with Crippen molar-refractivity contribution in [2.24, 2.45) is 4.99 Å². The van der Waals surface area contributed by atoms with E-state index in [1.54, 1.807) is 36.4 Å². The fourth-order valence-electron chi connectivity index (χ4n) is 2.39. The lowest BCUT2D eigenvalue weighted by molar-refractivity contribution is -0.384. The molecule has 0 aliphatic heterocycles. The molecule has 3 rings (SSSR count). The Labute approximate surface area is 154 Å². The maximum absolute atomic E-state index is 13.0. The lowest BCUT2D eigenvalue weighted by Crippen LogP contribution is -2.16. The molecule has 0 saturated heterocycles. The molecule has 3 aromatic carbocycles. The van der Waals surface area contributed by atoms with Gasteiger partial charge in [0.2, 0.25) is 5.78 Å². The molecule has 0 unspecified atom stereocenters. The van der Waals surface area contributed by atoms with Gasteiger partial charge >= 0.3 is 0 Å². The molecule has 0 aliphatic carbocycles. The average Bonchev–Trinajstić information content (AvgIpc) is 2.66. The summed E-state index contributed by atoms with van der Waals surface area (Å²) in [6.07, 6.45) is 0. The number of benzene rings is 3. The summed E-state index contributed by atoms with van der Waals surface area (Å²) in [6.45, 7) is 0. The number of nitro groups is 1. The Morgan fingerprint density at radius 2 is 1.58 bits per heavy atom. The van der Waals surface area contributed by atoms with Crippen molar-refractivity contribution in [3.05, 3.63) is 105 Å². The number of nitrogens with zero attached hydrogens (tertiary/aromatic N) is 2. The molecule has 0 radical (unpaired) electrons. The number of ketones is 1. The van der Waals surface area contributed by atoms with E-state index in [0.29, 0.717) is 21.8 Å². The summed E-state index contributed by atoms with van der Waals surface area (Å²) in [5.74, 6) is -0.315. The number of non-ortho nitro benzene ring substituents is 1. The van der Waals surface area contributed by atoms with Crippen molar-refractivity contribution in [3.8, 4) is 0 Å². The molecule has 0 heterocycles. The van der Waals surface area contributed by atoms with Crippen LogP contribution in [-0.4, -0.2) is 16.4 Å². The highest BCUT2D eigenvalue weighted by atomic mass is 35.5. The molecule has 0 amide bonds. The summed E-state index contributed by atoms with van der Waals surface area (Å²) in [5.41, 5.74) is 1.63. The summed E-state index contributed by atoms with van der Waals surface area (Å²) < 4.78 is 0. The predicted octanol–water partition coefficient (Wildman–Crippen LogP) is 5.25. The molecule has 0 spiro atoms. The second-order valence-corrected chi connectivity index (χ2v) is 5.88. The maximum Gasteiger partial charge on any atom is 0.269 e. The zero-order valence-corrected chi connectivity index (χ0v) is 14.3. The van der Waals surface area contributed by atoms with Crippen LogP contribution in [0.15, 0.2) is 83.9 Å². The molecule has 3 aromatic rings. The molecule has 5 nitrogen and oxygen atoms in total. The van der Waals surface area contributed by atoms with Gasteiger partial charge in [0.1, 0.15) is 5.71 Å². The first-order valence-electron chi connectivity index (χ1n) is 7.73. The van der Waals surface area contributed by atoms with E-state index in [-0.39, 0.29) is 17.2 Å². The third-order valence-electron chi connectivity index (χ3n) is 3.65. The number of hydrogen-bond acceptors (Lipinski definition) is 4. The first-order chi connectivity index (χ1) is 12.5. The number of hydrogen-bond donors (Lipinski definition) is 0. The summed E-state index contributed by atoms with van der Waals surface area (Å²) in [4.78, 5) is 27.8. The lowest BCUT2D eigenvalue weighted by atomic mass is 10.00. The van der Waals surface area contributed by atoms with Gasteiger partial charge in [0.15, 0.2) is 0 Å². The minimum Gasteiger partial charge on any atom is -0.287 e. The predicted molar refractivity (Wildman–Crippen MR) is 102 cm³/mol. The molecule has 6 heteroatoms. The monoisotopic (exact) mass is 364 g/mol. The van der Waals surface area contributed by atoms with Crippen molar-refractivity contribution >= 4 is 34.5 Å². The molecule has 0 aliphatic rings. The van der Waals surface area contributed by atoms with Crippen LogP contribution in [0, 0.1) is 10.1 Å². The van der Waals surface area contributed by atoms with Crippen LogP contribution in [0.4, 0.5) is 11.4 Å². The van der Waals surface area contributed by atoms with Gasteiger partial charge in [-0.3, -0.25) is 14.9 Å². The van der Waals surface area contributed by atoms with Crippen molar-refractivity contribution in [1.82, 2.24) is 0 Å². The highest BCUT2D eigenvalue weighted by molar-refractivity contribution is 6.52. The highest BCUT2D eigenvalue weighted by Gasteiger charge is 2.18. The molecule has 0 aromatic heterocycles. The van der Waals surface area contributed by atoms with E-state index >= 15 is 0 Å². The van der Waals surface area contributed by atoms with Crippen LogP contribution in [0.25, 0.3) is 0 Å². The fourth-order valence-corrected chi connectivity index (χ4v) is 2.58. The third-order valence-corrected chi connectivity index (χ3v) is 3.89. The molecule has 0 fully saturated rings. The number of para-hydroxylation sites is 1. The molecule has 0 atom stereocenters. The van der Waals surface area contributed by atoms with Crippen molar-refractivity contribution in [2.75, 3.05) is 0 Å². The Balaban J connectivity index is 2.09. The first-order valence-corrected chi connectivity index (χ1v) is 8.11. The van der Waals surface area contributed by atoms with E-state index in [1.807, 2.05) is 18.2 Å². The second-order valence-electron chi connectivity index (χ2n) is 5.44. The van der Waals surface area contributed by atoms with Crippen LogP contribution in [-0.2, 0) is 0 Å². The Kier molecular flexibility index (Phi) is 5.20. The molecule has 26 heavy (non-hydrogen) atoms. The van der Waals surface area contributed by atoms with Crippen molar-refractivity contribution < 1.29 is 9.72 Å². The normalized spacial score (nSPS) is 11.2. The molecule has 128 valence electrons. The average molecular weight is 365 g/mol. The molecule has 0 N–H and O–H groups in total. The molecular weight excluding hydrogens is 352 g/mol. The van der Waals surface area contributed by atoms with E-state index in [0.717, 1.165) is 0 Å². The minimum atomic E-state index is -0.490. The van der Waals surface area contributed by atoms with Gasteiger partial charge in [-0.15, -0.1) is 0 Å². The number of aliphatic imine (C=N–C) groups is 1. The van der Waals surface area contributed by atoms with Gasteiger partial charge in [0.25, 0.3) is 5.69 Å². The fraction of sp³-hybridized carbons (Fsp3) is 0. The van der Waals surface area contributed by atoms with E-state index in [2.05, 4.69) is 4.99 Å².